The highest BCUT2D eigenvalue weighted by molar-refractivity contribution is 6.20. The molecule has 0 radical (unpaired) electrons. The Bertz CT molecular complexity index is 503. The summed E-state index contributed by atoms with van der Waals surface area (Å²) in [5.41, 5.74) is 7.09. The molecular weight excluding hydrogens is 266 g/mol. The van der Waals surface area contributed by atoms with Crippen LogP contribution in [0.3, 0.4) is 0 Å². The van der Waals surface area contributed by atoms with Gasteiger partial charge in [-0.05, 0) is 18.9 Å². The van der Waals surface area contributed by atoms with Crippen molar-refractivity contribution in [3.63, 3.8) is 0 Å². The monoisotopic (exact) mass is 289 g/mol. The Balaban J connectivity index is 2.72. The molecule has 0 heterocycles. The molecule has 4 nitrogen and oxygen atoms in total. The molecule has 0 saturated heterocycles. The quantitative estimate of drug-likeness (QED) is 0.454. The Labute approximate surface area is 126 Å². The number of unbranched alkanes of at least 4 members (excludes halogenated alkanes) is 3. The van der Waals surface area contributed by atoms with Gasteiger partial charge >= 0.3 is 5.97 Å². The van der Waals surface area contributed by atoms with Crippen molar-refractivity contribution in [2.45, 2.75) is 39.5 Å². The smallest absolute Gasteiger partial charge is 0.338 e. The molecule has 0 aromatic heterocycles. The molecule has 1 amide bonds. The normalized spacial score (nSPS) is 11.2. The lowest BCUT2D eigenvalue weighted by molar-refractivity contribution is -0.136. The standard InChI is InChI=1S/C17H23NO3/c1-3-4-5-6-11-21-17(20)15(12-16(18)19)14-9-7-13(2)8-10-14/h7-10,12H,3-6,11H2,1-2H3,(H2,18,19). The van der Waals surface area contributed by atoms with Crippen LogP contribution in [0.4, 0.5) is 0 Å². The van der Waals surface area contributed by atoms with Gasteiger partial charge in [0.05, 0.1) is 12.2 Å². The van der Waals surface area contributed by atoms with Crippen LogP contribution in [0.1, 0.15) is 43.7 Å². The lowest BCUT2D eigenvalue weighted by Gasteiger charge is -2.08. The third-order valence-corrected chi connectivity index (χ3v) is 3.10. The largest absolute Gasteiger partial charge is 0.462 e. The SMILES string of the molecule is CCCCCCOC(=O)C(=CC(N)=O)c1ccc(C)cc1. The minimum Gasteiger partial charge on any atom is -0.462 e. The Morgan fingerprint density at radius 2 is 1.81 bits per heavy atom. The van der Waals surface area contributed by atoms with E-state index in [0.717, 1.165) is 37.3 Å². The van der Waals surface area contributed by atoms with Gasteiger partial charge in [0.25, 0.3) is 0 Å². The maximum Gasteiger partial charge on any atom is 0.338 e. The molecule has 0 saturated carbocycles. The number of aryl methyl sites for hydroxylation is 1. The van der Waals surface area contributed by atoms with Crippen molar-refractivity contribution in [2.24, 2.45) is 5.73 Å². The van der Waals surface area contributed by atoms with Gasteiger partial charge in [-0.15, -0.1) is 0 Å². The maximum atomic E-state index is 12.1. The van der Waals surface area contributed by atoms with Gasteiger partial charge in [0.15, 0.2) is 0 Å². The highest BCUT2D eigenvalue weighted by atomic mass is 16.5. The molecule has 0 aliphatic heterocycles. The zero-order valence-corrected chi connectivity index (χ0v) is 12.7. The number of esters is 1. The van der Waals surface area contributed by atoms with Gasteiger partial charge in [-0.25, -0.2) is 4.79 Å². The molecule has 114 valence electrons. The summed E-state index contributed by atoms with van der Waals surface area (Å²) in [6.45, 7) is 4.44. The Morgan fingerprint density at radius 1 is 1.14 bits per heavy atom. The van der Waals surface area contributed by atoms with Crippen LogP contribution in [-0.4, -0.2) is 18.5 Å². The summed E-state index contributed by atoms with van der Waals surface area (Å²) < 4.78 is 5.22. The molecular formula is C17H23NO3. The molecule has 0 aliphatic rings. The second-order valence-corrected chi connectivity index (χ2v) is 5.02. The first-order valence-electron chi connectivity index (χ1n) is 7.30. The number of ether oxygens (including phenoxy) is 1. The van der Waals surface area contributed by atoms with Crippen LogP contribution in [0.2, 0.25) is 0 Å². The van der Waals surface area contributed by atoms with Crippen molar-refractivity contribution < 1.29 is 14.3 Å². The van der Waals surface area contributed by atoms with Crippen LogP contribution in [0.25, 0.3) is 5.57 Å². The molecule has 0 unspecified atom stereocenters. The van der Waals surface area contributed by atoms with E-state index < -0.39 is 11.9 Å². The molecule has 1 aromatic carbocycles. The van der Waals surface area contributed by atoms with E-state index in [1.54, 1.807) is 12.1 Å². The number of hydrogen-bond acceptors (Lipinski definition) is 3. The molecule has 0 fully saturated rings. The van der Waals surface area contributed by atoms with Gasteiger partial charge in [0.2, 0.25) is 5.91 Å². The van der Waals surface area contributed by atoms with Gasteiger partial charge in [0.1, 0.15) is 0 Å². The van der Waals surface area contributed by atoms with Crippen molar-refractivity contribution in [2.75, 3.05) is 6.61 Å². The number of primary amides is 1. The number of nitrogens with two attached hydrogens (primary N) is 1. The first kappa shape index (κ1) is 17.0. The van der Waals surface area contributed by atoms with Crippen molar-refractivity contribution >= 4 is 17.4 Å². The molecule has 1 aromatic rings. The van der Waals surface area contributed by atoms with E-state index in [0.29, 0.717) is 12.2 Å². The van der Waals surface area contributed by atoms with E-state index >= 15 is 0 Å². The van der Waals surface area contributed by atoms with Crippen molar-refractivity contribution in [3.05, 3.63) is 41.5 Å². The predicted molar refractivity (Wildman–Crippen MR) is 83.5 cm³/mol. The third-order valence-electron chi connectivity index (χ3n) is 3.10. The lowest BCUT2D eigenvalue weighted by atomic mass is 10.0. The zero-order valence-electron chi connectivity index (χ0n) is 12.7. The third kappa shape index (κ3) is 6.25. The molecule has 21 heavy (non-hydrogen) atoms. The summed E-state index contributed by atoms with van der Waals surface area (Å²) in [6.07, 6.45) is 5.24. The van der Waals surface area contributed by atoms with Gasteiger partial charge in [-0.3, -0.25) is 4.79 Å². The number of amides is 1. The fourth-order valence-electron chi connectivity index (χ4n) is 1.91. The van der Waals surface area contributed by atoms with E-state index in [9.17, 15) is 9.59 Å². The van der Waals surface area contributed by atoms with Crippen LogP contribution in [0, 0.1) is 6.92 Å². The van der Waals surface area contributed by atoms with E-state index in [1.165, 1.54) is 0 Å². The van der Waals surface area contributed by atoms with Crippen molar-refractivity contribution in [1.82, 2.24) is 0 Å². The summed E-state index contributed by atoms with van der Waals surface area (Å²) in [4.78, 5) is 23.2. The Morgan fingerprint density at radius 3 is 2.38 bits per heavy atom. The number of carbonyl (C=O) groups is 2. The number of hydrogen-bond donors (Lipinski definition) is 1. The first-order valence-corrected chi connectivity index (χ1v) is 7.30. The summed E-state index contributed by atoms with van der Waals surface area (Å²) in [7, 11) is 0. The summed E-state index contributed by atoms with van der Waals surface area (Å²) in [6, 6.07) is 7.31. The molecule has 0 spiro atoms. The van der Waals surface area contributed by atoms with Crippen molar-refractivity contribution in [3.8, 4) is 0 Å². The minimum atomic E-state index is -0.659. The Kier molecular flexibility index (Phi) is 7.23. The predicted octanol–water partition coefficient (Wildman–Crippen LogP) is 2.99. The lowest BCUT2D eigenvalue weighted by Crippen LogP contribution is -2.13. The average molecular weight is 289 g/mol. The highest BCUT2D eigenvalue weighted by Gasteiger charge is 2.14. The van der Waals surface area contributed by atoms with Crippen LogP contribution in [0.5, 0.6) is 0 Å². The molecule has 0 bridgehead atoms. The molecule has 1 rings (SSSR count). The van der Waals surface area contributed by atoms with E-state index in [1.807, 2.05) is 19.1 Å². The minimum absolute atomic E-state index is 0.206. The van der Waals surface area contributed by atoms with Gasteiger partial charge in [0, 0.05) is 6.08 Å². The van der Waals surface area contributed by atoms with Gasteiger partial charge < -0.3 is 10.5 Å². The summed E-state index contributed by atoms with van der Waals surface area (Å²) in [5.74, 6) is -1.16. The summed E-state index contributed by atoms with van der Waals surface area (Å²) in [5, 5.41) is 0. The molecule has 2 N–H and O–H groups in total. The van der Waals surface area contributed by atoms with Crippen LogP contribution >= 0.6 is 0 Å². The first-order chi connectivity index (χ1) is 10.0. The van der Waals surface area contributed by atoms with Gasteiger partial charge in [-0.2, -0.15) is 0 Å². The fraction of sp³-hybridized carbons (Fsp3) is 0.412. The maximum absolute atomic E-state index is 12.1. The Hall–Kier alpha value is -2.10. The molecule has 0 aliphatic carbocycles. The summed E-state index contributed by atoms with van der Waals surface area (Å²) >= 11 is 0. The number of rotatable bonds is 8. The topological polar surface area (TPSA) is 69.4 Å². The van der Waals surface area contributed by atoms with Gasteiger partial charge in [-0.1, -0.05) is 56.0 Å². The van der Waals surface area contributed by atoms with Crippen LogP contribution in [0.15, 0.2) is 30.3 Å². The molecule has 4 heteroatoms. The van der Waals surface area contributed by atoms with Crippen molar-refractivity contribution in [1.29, 1.82) is 0 Å². The van der Waals surface area contributed by atoms with Crippen LogP contribution in [-0.2, 0) is 14.3 Å². The number of benzene rings is 1. The fourth-order valence-corrected chi connectivity index (χ4v) is 1.91. The number of carbonyl (C=O) groups excluding carboxylic acids is 2. The van der Waals surface area contributed by atoms with E-state index in [4.69, 9.17) is 10.5 Å². The molecule has 0 atom stereocenters. The highest BCUT2D eigenvalue weighted by Crippen LogP contribution is 2.17. The van der Waals surface area contributed by atoms with E-state index in [2.05, 4.69) is 6.92 Å². The zero-order chi connectivity index (χ0) is 15.7. The average Bonchev–Trinajstić information content (AvgIpc) is 2.45. The second kappa shape index (κ2) is 8.95. The van der Waals surface area contributed by atoms with Crippen LogP contribution < -0.4 is 5.73 Å². The van der Waals surface area contributed by atoms with E-state index in [-0.39, 0.29) is 5.57 Å². The second-order valence-electron chi connectivity index (χ2n) is 5.02.